The summed E-state index contributed by atoms with van der Waals surface area (Å²) in [5.41, 5.74) is 2.89. The fourth-order valence-corrected chi connectivity index (χ4v) is 1.59. The Labute approximate surface area is 90.0 Å². The Morgan fingerprint density at radius 1 is 1.00 bits per heavy atom. The SMILES string of the molecule is CC(O)C1CN(C(C)O)NN(C(C)O)C1. The predicted molar refractivity (Wildman–Crippen MR) is 55.1 cm³/mol. The van der Waals surface area contributed by atoms with Crippen molar-refractivity contribution in [1.82, 2.24) is 15.6 Å². The number of aliphatic hydroxyl groups is 3. The number of hydrazine groups is 2. The molecule has 1 aliphatic rings. The van der Waals surface area contributed by atoms with Crippen molar-refractivity contribution in [3.8, 4) is 0 Å². The Morgan fingerprint density at radius 3 is 1.67 bits per heavy atom. The van der Waals surface area contributed by atoms with E-state index >= 15 is 0 Å². The Morgan fingerprint density at radius 2 is 1.40 bits per heavy atom. The summed E-state index contributed by atoms with van der Waals surface area (Å²) in [7, 11) is 0. The first-order valence-corrected chi connectivity index (χ1v) is 5.25. The molecule has 1 heterocycles. The highest BCUT2D eigenvalue weighted by molar-refractivity contribution is 4.76. The number of aliphatic hydroxyl groups excluding tert-OH is 3. The maximum atomic E-state index is 9.53. The molecule has 0 saturated carbocycles. The lowest BCUT2D eigenvalue weighted by atomic mass is 10.0. The van der Waals surface area contributed by atoms with E-state index in [1.807, 2.05) is 0 Å². The summed E-state index contributed by atoms with van der Waals surface area (Å²) in [5.74, 6) is 0.00968. The number of rotatable bonds is 3. The summed E-state index contributed by atoms with van der Waals surface area (Å²) in [6.07, 6.45) is -1.78. The minimum atomic E-state index is -0.659. The maximum Gasteiger partial charge on any atom is 0.118 e. The molecule has 6 heteroatoms. The molecule has 3 unspecified atom stereocenters. The molecular weight excluding hydrogens is 198 g/mol. The van der Waals surface area contributed by atoms with Gasteiger partial charge < -0.3 is 15.3 Å². The van der Waals surface area contributed by atoms with Gasteiger partial charge in [0.15, 0.2) is 0 Å². The molecule has 0 aromatic carbocycles. The third kappa shape index (κ3) is 3.37. The third-order valence-electron chi connectivity index (χ3n) is 2.70. The van der Waals surface area contributed by atoms with Crippen LogP contribution in [-0.2, 0) is 0 Å². The van der Waals surface area contributed by atoms with Crippen molar-refractivity contribution < 1.29 is 15.3 Å². The van der Waals surface area contributed by atoms with Crippen LogP contribution in [-0.4, -0.2) is 57.0 Å². The summed E-state index contributed by atoms with van der Waals surface area (Å²) < 4.78 is 0. The molecule has 4 N–H and O–H groups in total. The topological polar surface area (TPSA) is 79.2 Å². The minimum absolute atomic E-state index is 0.00968. The molecular formula is C9H21N3O3. The summed E-state index contributed by atoms with van der Waals surface area (Å²) in [6.45, 7) is 6.10. The zero-order valence-corrected chi connectivity index (χ0v) is 9.46. The lowest BCUT2D eigenvalue weighted by Crippen LogP contribution is -2.64. The summed E-state index contributed by atoms with van der Waals surface area (Å²) in [4.78, 5) is 0. The van der Waals surface area contributed by atoms with Crippen LogP contribution in [0.4, 0.5) is 0 Å². The standard InChI is InChI=1S/C9H21N3O3/c1-6(13)9-4-11(7(2)14)10-12(5-9)8(3)15/h6-10,13-15H,4-5H2,1-3H3. The number of nitrogens with one attached hydrogen (secondary N) is 1. The molecule has 1 rings (SSSR count). The van der Waals surface area contributed by atoms with E-state index in [-0.39, 0.29) is 5.92 Å². The molecule has 6 nitrogen and oxygen atoms in total. The largest absolute Gasteiger partial charge is 0.393 e. The molecule has 0 amide bonds. The Balaban J connectivity index is 2.64. The van der Waals surface area contributed by atoms with Crippen molar-refractivity contribution in [2.45, 2.75) is 39.3 Å². The molecule has 0 radical (unpaired) electrons. The van der Waals surface area contributed by atoms with Crippen LogP contribution in [0.5, 0.6) is 0 Å². The second-order valence-corrected chi connectivity index (χ2v) is 4.17. The van der Waals surface area contributed by atoms with Crippen LogP contribution in [0.1, 0.15) is 20.8 Å². The molecule has 1 saturated heterocycles. The summed E-state index contributed by atoms with van der Waals surface area (Å²) in [5, 5.41) is 31.6. The van der Waals surface area contributed by atoms with E-state index in [0.717, 1.165) is 0 Å². The van der Waals surface area contributed by atoms with Gasteiger partial charge in [-0.15, -0.1) is 0 Å². The fraction of sp³-hybridized carbons (Fsp3) is 1.00. The fourth-order valence-electron chi connectivity index (χ4n) is 1.59. The van der Waals surface area contributed by atoms with Crippen LogP contribution in [0.15, 0.2) is 0 Å². The van der Waals surface area contributed by atoms with Gasteiger partial charge in [0.1, 0.15) is 12.5 Å². The number of hydrogen-bond donors (Lipinski definition) is 4. The first-order chi connectivity index (χ1) is 6.91. The van der Waals surface area contributed by atoms with Crippen molar-refractivity contribution in [3.05, 3.63) is 0 Å². The quantitative estimate of drug-likeness (QED) is 0.472. The molecule has 0 spiro atoms. The molecule has 0 aromatic heterocycles. The Kier molecular flexibility index (Phi) is 4.45. The lowest BCUT2D eigenvalue weighted by Gasteiger charge is -2.43. The first kappa shape index (κ1) is 12.8. The van der Waals surface area contributed by atoms with E-state index in [0.29, 0.717) is 13.1 Å². The molecule has 90 valence electrons. The van der Waals surface area contributed by atoms with Crippen LogP contribution in [0.25, 0.3) is 0 Å². The molecule has 1 fully saturated rings. The Bertz CT molecular complexity index is 160. The normalized spacial score (nSPS) is 31.2. The van der Waals surface area contributed by atoms with Gasteiger partial charge in [0, 0.05) is 19.0 Å². The second-order valence-electron chi connectivity index (χ2n) is 4.17. The van der Waals surface area contributed by atoms with Crippen molar-refractivity contribution in [1.29, 1.82) is 0 Å². The smallest absolute Gasteiger partial charge is 0.118 e. The van der Waals surface area contributed by atoms with Gasteiger partial charge >= 0.3 is 0 Å². The van der Waals surface area contributed by atoms with Gasteiger partial charge in [-0.25, -0.2) is 10.0 Å². The van der Waals surface area contributed by atoms with Gasteiger partial charge in [-0.1, -0.05) is 0 Å². The second kappa shape index (κ2) is 5.20. The third-order valence-corrected chi connectivity index (χ3v) is 2.70. The molecule has 3 atom stereocenters. The van der Waals surface area contributed by atoms with Crippen LogP contribution in [0.3, 0.4) is 0 Å². The highest BCUT2D eigenvalue weighted by atomic mass is 16.3. The summed E-state index contributed by atoms with van der Waals surface area (Å²) in [6, 6.07) is 0. The van der Waals surface area contributed by atoms with Crippen LogP contribution < -0.4 is 5.53 Å². The van der Waals surface area contributed by atoms with Crippen LogP contribution in [0, 0.1) is 5.92 Å². The highest BCUT2D eigenvalue weighted by Gasteiger charge is 2.31. The molecule has 0 aromatic rings. The predicted octanol–water partition coefficient (Wildman–Crippen LogP) is -1.30. The van der Waals surface area contributed by atoms with E-state index < -0.39 is 18.6 Å². The minimum Gasteiger partial charge on any atom is -0.393 e. The van der Waals surface area contributed by atoms with E-state index in [1.54, 1.807) is 30.8 Å². The van der Waals surface area contributed by atoms with Crippen molar-refractivity contribution >= 4 is 0 Å². The average molecular weight is 219 g/mol. The van der Waals surface area contributed by atoms with E-state index in [4.69, 9.17) is 0 Å². The maximum absolute atomic E-state index is 9.53. The zero-order valence-electron chi connectivity index (χ0n) is 9.46. The molecule has 0 aliphatic carbocycles. The van der Waals surface area contributed by atoms with Crippen molar-refractivity contribution in [2.75, 3.05) is 13.1 Å². The van der Waals surface area contributed by atoms with E-state index in [1.165, 1.54) is 0 Å². The summed E-state index contributed by atoms with van der Waals surface area (Å²) >= 11 is 0. The van der Waals surface area contributed by atoms with Gasteiger partial charge in [-0.3, -0.25) is 0 Å². The van der Waals surface area contributed by atoms with Gasteiger partial charge in [-0.2, -0.15) is 5.53 Å². The zero-order chi connectivity index (χ0) is 11.6. The molecule has 15 heavy (non-hydrogen) atoms. The van der Waals surface area contributed by atoms with Crippen molar-refractivity contribution in [2.24, 2.45) is 5.92 Å². The van der Waals surface area contributed by atoms with E-state index in [9.17, 15) is 15.3 Å². The van der Waals surface area contributed by atoms with Gasteiger partial charge in [0.25, 0.3) is 0 Å². The molecule has 0 bridgehead atoms. The lowest BCUT2D eigenvalue weighted by molar-refractivity contribution is -0.179. The van der Waals surface area contributed by atoms with Gasteiger partial charge in [0.05, 0.1) is 6.10 Å². The number of hydrogen-bond acceptors (Lipinski definition) is 6. The van der Waals surface area contributed by atoms with Crippen molar-refractivity contribution in [3.63, 3.8) is 0 Å². The highest BCUT2D eigenvalue weighted by Crippen LogP contribution is 2.15. The number of nitrogens with zero attached hydrogens (tertiary/aromatic N) is 2. The van der Waals surface area contributed by atoms with Gasteiger partial charge in [0.2, 0.25) is 0 Å². The monoisotopic (exact) mass is 219 g/mol. The average Bonchev–Trinajstić information content (AvgIpc) is 2.16. The molecule has 1 aliphatic heterocycles. The van der Waals surface area contributed by atoms with Gasteiger partial charge in [-0.05, 0) is 20.8 Å². The Hall–Kier alpha value is -0.240. The first-order valence-electron chi connectivity index (χ1n) is 5.25. The van der Waals surface area contributed by atoms with E-state index in [2.05, 4.69) is 5.53 Å². The van der Waals surface area contributed by atoms with Crippen LogP contribution >= 0.6 is 0 Å². The van der Waals surface area contributed by atoms with Crippen LogP contribution in [0.2, 0.25) is 0 Å².